The van der Waals surface area contributed by atoms with Gasteiger partial charge in [0.1, 0.15) is 0 Å². The number of benzene rings is 1. The third-order valence-electron chi connectivity index (χ3n) is 1.47. The van der Waals surface area contributed by atoms with Crippen LogP contribution in [0.4, 0.5) is 0 Å². The van der Waals surface area contributed by atoms with Crippen molar-refractivity contribution in [3.05, 3.63) is 35.9 Å². The van der Waals surface area contributed by atoms with Crippen LogP contribution in [0.1, 0.15) is 5.56 Å². The topological polar surface area (TPSA) is 23.2 Å². The molecule has 0 atom stereocenters. The van der Waals surface area contributed by atoms with Crippen molar-refractivity contribution in [1.29, 1.82) is 0 Å². The Morgan fingerprint density at radius 3 is 2.45 bits per heavy atom. The monoisotopic (exact) mass is 149 g/mol. The molecule has 57 valence electrons. The number of rotatable bonds is 3. The average Bonchev–Trinajstić information content (AvgIpc) is 2.03. The largest absolute Gasteiger partial charge is 0.291 e. The SMILES string of the molecule is [CH]=[N+](O)CCc1ccccc1. The van der Waals surface area contributed by atoms with E-state index in [4.69, 9.17) is 11.9 Å². The lowest BCUT2D eigenvalue weighted by atomic mass is 10.2. The van der Waals surface area contributed by atoms with Gasteiger partial charge in [0, 0.05) is 6.42 Å². The fourth-order valence-electron chi connectivity index (χ4n) is 0.888. The first kappa shape index (κ1) is 7.79. The molecule has 0 aliphatic rings. The zero-order valence-electron chi connectivity index (χ0n) is 6.27. The molecule has 0 amide bonds. The smallest absolute Gasteiger partial charge is 0.282 e. The third-order valence-corrected chi connectivity index (χ3v) is 1.47. The van der Waals surface area contributed by atoms with Crippen molar-refractivity contribution < 1.29 is 9.95 Å². The molecule has 1 radical (unpaired) electrons. The molecule has 1 aromatic carbocycles. The highest BCUT2D eigenvalue weighted by Gasteiger charge is 1.97. The van der Waals surface area contributed by atoms with Gasteiger partial charge in [0.25, 0.3) is 6.72 Å². The maximum atomic E-state index is 8.62. The first-order valence-electron chi connectivity index (χ1n) is 3.54. The Morgan fingerprint density at radius 1 is 1.27 bits per heavy atom. The van der Waals surface area contributed by atoms with Crippen LogP contribution < -0.4 is 0 Å². The maximum Gasteiger partial charge on any atom is 0.282 e. The predicted octanol–water partition coefficient (Wildman–Crippen LogP) is 1.21. The van der Waals surface area contributed by atoms with Crippen molar-refractivity contribution in [2.24, 2.45) is 0 Å². The van der Waals surface area contributed by atoms with Crippen LogP contribution in [0.15, 0.2) is 30.3 Å². The zero-order valence-corrected chi connectivity index (χ0v) is 6.27. The number of nitrogens with zero attached hydrogens (tertiary/aromatic N) is 1. The molecular formula is C9H11NO+. The quantitative estimate of drug-likeness (QED) is 0.297. The summed E-state index contributed by atoms with van der Waals surface area (Å²) in [6.45, 7) is 5.49. The highest BCUT2D eigenvalue weighted by atomic mass is 16.5. The standard InChI is InChI=1S/C9H11NO/c1-10(11)8-7-9-5-3-2-4-6-9/h1-6,11H,7-8H2/q+1. The Kier molecular flexibility index (Phi) is 2.66. The molecule has 0 bridgehead atoms. The lowest BCUT2D eigenvalue weighted by molar-refractivity contribution is -0.768. The average molecular weight is 149 g/mol. The van der Waals surface area contributed by atoms with Crippen LogP contribution in [-0.2, 0) is 6.42 Å². The number of hydrogen-bond acceptors (Lipinski definition) is 1. The van der Waals surface area contributed by atoms with Gasteiger partial charge in [-0.25, -0.2) is 0 Å². The van der Waals surface area contributed by atoms with E-state index >= 15 is 0 Å². The lowest BCUT2D eigenvalue weighted by Gasteiger charge is -1.94. The van der Waals surface area contributed by atoms with Crippen LogP contribution in [0.25, 0.3) is 0 Å². The van der Waals surface area contributed by atoms with E-state index in [0.717, 1.165) is 6.42 Å². The Balaban J connectivity index is 2.45. The van der Waals surface area contributed by atoms with Crippen molar-refractivity contribution in [3.8, 4) is 0 Å². The van der Waals surface area contributed by atoms with E-state index in [-0.39, 0.29) is 0 Å². The fourth-order valence-corrected chi connectivity index (χ4v) is 0.888. The summed E-state index contributed by atoms with van der Waals surface area (Å²) in [5.41, 5.74) is 1.18. The minimum absolute atomic E-state index is 0.462. The fraction of sp³-hybridized carbons (Fsp3) is 0.222. The molecule has 0 saturated heterocycles. The second-order valence-corrected chi connectivity index (χ2v) is 2.40. The number of hydrogen-bond donors (Lipinski definition) is 1. The molecule has 0 aliphatic heterocycles. The molecule has 11 heavy (non-hydrogen) atoms. The van der Waals surface area contributed by atoms with Gasteiger partial charge in [0.05, 0.1) is 0 Å². The summed E-state index contributed by atoms with van der Waals surface area (Å²) < 4.78 is 0.701. The van der Waals surface area contributed by atoms with Gasteiger partial charge in [0.15, 0.2) is 6.54 Å². The summed E-state index contributed by atoms with van der Waals surface area (Å²) in [7, 11) is 0. The summed E-state index contributed by atoms with van der Waals surface area (Å²) >= 11 is 0. The van der Waals surface area contributed by atoms with Crippen molar-refractivity contribution >= 4 is 6.72 Å². The molecule has 0 aromatic heterocycles. The van der Waals surface area contributed by atoms with Gasteiger partial charge in [0.2, 0.25) is 0 Å². The lowest BCUT2D eigenvalue weighted by Crippen LogP contribution is -2.07. The molecule has 0 saturated carbocycles. The van der Waals surface area contributed by atoms with Gasteiger partial charge >= 0.3 is 0 Å². The van der Waals surface area contributed by atoms with Crippen LogP contribution in [0, 0.1) is 0 Å². The van der Waals surface area contributed by atoms with E-state index in [1.165, 1.54) is 5.56 Å². The normalized spacial score (nSPS) is 9.45. The van der Waals surface area contributed by atoms with Crippen LogP contribution in [0.5, 0.6) is 0 Å². The van der Waals surface area contributed by atoms with E-state index in [9.17, 15) is 0 Å². The Morgan fingerprint density at radius 2 is 1.91 bits per heavy atom. The molecular weight excluding hydrogens is 138 g/mol. The van der Waals surface area contributed by atoms with E-state index in [1.807, 2.05) is 30.3 Å². The summed E-state index contributed by atoms with van der Waals surface area (Å²) in [6.07, 6.45) is 0.772. The van der Waals surface area contributed by atoms with Gasteiger partial charge in [-0.1, -0.05) is 30.3 Å². The summed E-state index contributed by atoms with van der Waals surface area (Å²) in [4.78, 5) is 0. The molecule has 0 heterocycles. The van der Waals surface area contributed by atoms with Crippen molar-refractivity contribution in [3.63, 3.8) is 0 Å². The van der Waals surface area contributed by atoms with Crippen LogP contribution in [0.3, 0.4) is 0 Å². The highest BCUT2D eigenvalue weighted by Crippen LogP contribution is 1.98. The van der Waals surface area contributed by atoms with Gasteiger partial charge in [-0.05, 0) is 10.3 Å². The van der Waals surface area contributed by atoms with E-state index in [1.54, 1.807) is 0 Å². The Hall–Kier alpha value is -1.31. The molecule has 2 nitrogen and oxygen atoms in total. The van der Waals surface area contributed by atoms with E-state index < -0.39 is 0 Å². The molecule has 1 aromatic rings. The van der Waals surface area contributed by atoms with Crippen molar-refractivity contribution in [1.82, 2.24) is 0 Å². The maximum absolute atomic E-state index is 8.62. The predicted molar refractivity (Wildman–Crippen MR) is 43.1 cm³/mol. The van der Waals surface area contributed by atoms with Crippen molar-refractivity contribution in [2.45, 2.75) is 6.42 Å². The minimum Gasteiger partial charge on any atom is -0.291 e. The summed E-state index contributed by atoms with van der Waals surface area (Å²) in [5, 5.41) is 8.62. The van der Waals surface area contributed by atoms with Crippen LogP contribution in [0.2, 0.25) is 0 Å². The van der Waals surface area contributed by atoms with E-state index in [2.05, 4.69) is 0 Å². The molecule has 1 N–H and O–H groups in total. The first-order valence-corrected chi connectivity index (χ1v) is 3.54. The Bertz CT molecular complexity index is 231. The zero-order chi connectivity index (χ0) is 8.10. The Labute approximate surface area is 66.4 Å². The molecule has 0 aliphatic carbocycles. The van der Waals surface area contributed by atoms with Crippen molar-refractivity contribution in [2.75, 3.05) is 6.54 Å². The molecule has 0 fully saturated rings. The van der Waals surface area contributed by atoms with Gasteiger partial charge < -0.3 is 0 Å². The second kappa shape index (κ2) is 3.76. The minimum atomic E-state index is 0.462. The third kappa shape index (κ3) is 2.85. The van der Waals surface area contributed by atoms with Gasteiger partial charge in [-0.2, -0.15) is 0 Å². The molecule has 1 rings (SSSR count). The number of hydroxylamine groups is 1. The highest BCUT2D eigenvalue weighted by molar-refractivity contribution is 5.15. The molecule has 2 heteroatoms. The molecule has 0 unspecified atom stereocenters. The van der Waals surface area contributed by atoms with Crippen LogP contribution >= 0.6 is 0 Å². The first-order chi connectivity index (χ1) is 5.29. The van der Waals surface area contributed by atoms with Gasteiger partial charge in [-0.15, -0.1) is 0 Å². The summed E-state index contributed by atoms with van der Waals surface area (Å²) in [5.74, 6) is 0. The van der Waals surface area contributed by atoms with E-state index in [0.29, 0.717) is 11.3 Å². The molecule has 0 spiro atoms. The van der Waals surface area contributed by atoms with Gasteiger partial charge in [-0.3, -0.25) is 5.21 Å². The second-order valence-electron chi connectivity index (χ2n) is 2.40. The van der Waals surface area contributed by atoms with Crippen LogP contribution in [-0.4, -0.2) is 23.2 Å². The summed E-state index contributed by atoms with van der Waals surface area (Å²) in [6, 6.07) is 9.90.